The normalized spacial score (nSPS) is 14.9. The quantitative estimate of drug-likeness (QED) is 0.537. The first-order chi connectivity index (χ1) is 14.2. The second-order valence-electron chi connectivity index (χ2n) is 7.11. The van der Waals surface area contributed by atoms with Gasteiger partial charge in [-0.3, -0.25) is 19.3 Å². The molecule has 7 nitrogen and oxygen atoms in total. The maximum Gasteiger partial charge on any atom is 0.329 e. The van der Waals surface area contributed by atoms with Gasteiger partial charge in [-0.25, -0.2) is 9.18 Å². The highest BCUT2D eigenvalue weighted by Gasteiger charge is 2.41. The molecular formula is C22H21FN2O5. The number of esters is 1. The molecule has 1 aliphatic rings. The number of amides is 3. The summed E-state index contributed by atoms with van der Waals surface area (Å²) >= 11 is 0. The number of fused-ring (bicyclic) bond motifs is 1. The smallest absolute Gasteiger partial charge is 0.329 e. The zero-order valence-electron chi connectivity index (χ0n) is 16.8. The summed E-state index contributed by atoms with van der Waals surface area (Å²) in [6.45, 7) is 2.90. The number of hydrogen-bond donors (Lipinski definition) is 0. The van der Waals surface area contributed by atoms with Crippen molar-refractivity contribution in [1.29, 1.82) is 0 Å². The summed E-state index contributed by atoms with van der Waals surface area (Å²) in [4.78, 5) is 52.2. The van der Waals surface area contributed by atoms with Crippen LogP contribution < -0.4 is 0 Å². The van der Waals surface area contributed by atoms with Crippen LogP contribution in [0, 0.1) is 5.82 Å². The van der Waals surface area contributed by atoms with Crippen molar-refractivity contribution in [2.45, 2.75) is 32.5 Å². The van der Waals surface area contributed by atoms with Crippen LogP contribution in [0.4, 0.5) is 4.39 Å². The average Bonchev–Trinajstić information content (AvgIpc) is 2.97. The Morgan fingerprint density at radius 2 is 1.63 bits per heavy atom. The van der Waals surface area contributed by atoms with Gasteiger partial charge in [-0.05, 0) is 43.7 Å². The molecule has 0 fully saturated rings. The minimum atomic E-state index is -1.19. The molecule has 0 bridgehead atoms. The van der Waals surface area contributed by atoms with Crippen LogP contribution in [0.3, 0.4) is 0 Å². The Bertz CT molecular complexity index is 987. The highest BCUT2D eigenvalue weighted by molar-refractivity contribution is 6.22. The summed E-state index contributed by atoms with van der Waals surface area (Å²) in [5.41, 5.74) is 1.03. The van der Waals surface area contributed by atoms with Crippen LogP contribution in [0.25, 0.3) is 0 Å². The molecule has 0 aliphatic carbocycles. The van der Waals surface area contributed by atoms with Crippen molar-refractivity contribution in [3.05, 3.63) is 71.0 Å². The van der Waals surface area contributed by atoms with Gasteiger partial charge in [-0.15, -0.1) is 0 Å². The van der Waals surface area contributed by atoms with Gasteiger partial charge in [-0.1, -0.05) is 24.3 Å². The summed E-state index contributed by atoms with van der Waals surface area (Å²) < 4.78 is 18.5. The number of rotatable bonds is 6. The molecule has 2 atom stereocenters. The molecule has 8 heteroatoms. The van der Waals surface area contributed by atoms with E-state index in [1.807, 2.05) is 0 Å². The first-order valence-corrected chi connectivity index (χ1v) is 9.37. The minimum Gasteiger partial charge on any atom is -0.451 e. The van der Waals surface area contributed by atoms with Crippen LogP contribution in [0.1, 0.15) is 40.1 Å². The molecule has 2 aromatic carbocycles. The molecule has 1 heterocycles. The molecular weight excluding hydrogens is 391 g/mol. The Balaban J connectivity index is 1.63. The first-order valence-electron chi connectivity index (χ1n) is 9.37. The van der Waals surface area contributed by atoms with Crippen molar-refractivity contribution < 1.29 is 28.3 Å². The summed E-state index contributed by atoms with van der Waals surface area (Å²) in [7, 11) is 1.51. The molecule has 3 rings (SSSR count). The molecule has 1 aliphatic heterocycles. The van der Waals surface area contributed by atoms with Crippen LogP contribution in [0.2, 0.25) is 0 Å². The topological polar surface area (TPSA) is 84.0 Å². The Morgan fingerprint density at radius 1 is 1.03 bits per heavy atom. The van der Waals surface area contributed by atoms with Crippen LogP contribution in [-0.2, 0) is 20.9 Å². The van der Waals surface area contributed by atoms with Crippen molar-refractivity contribution in [3.63, 3.8) is 0 Å². The molecule has 156 valence electrons. The third-order valence-electron chi connectivity index (χ3n) is 4.88. The second-order valence-corrected chi connectivity index (χ2v) is 7.11. The number of likely N-dealkylation sites (N-methyl/N-ethyl adjacent to an activating group) is 1. The van der Waals surface area contributed by atoms with Gasteiger partial charge in [0.1, 0.15) is 11.9 Å². The number of imide groups is 1. The lowest BCUT2D eigenvalue weighted by Gasteiger charge is -2.25. The van der Waals surface area contributed by atoms with E-state index >= 15 is 0 Å². The van der Waals surface area contributed by atoms with E-state index in [9.17, 15) is 23.6 Å². The van der Waals surface area contributed by atoms with Crippen LogP contribution in [0.5, 0.6) is 0 Å². The zero-order chi connectivity index (χ0) is 22.0. The van der Waals surface area contributed by atoms with E-state index in [1.54, 1.807) is 18.2 Å². The Labute approximate surface area is 173 Å². The molecule has 0 aromatic heterocycles. The third kappa shape index (κ3) is 4.07. The van der Waals surface area contributed by atoms with Crippen LogP contribution in [0.15, 0.2) is 48.5 Å². The number of ether oxygens (including phenoxy) is 1. The van der Waals surface area contributed by atoms with E-state index in [2.05, 4.69) is 0 Å². The summed E-state index contributed by atoms with van der Waals surface area (Å²) in [6.07, 6.45) is -1.14. The maximum absolute atomic E-state index is 13.3. The highest BCUT2D eigenvalue weighted by Crippen LogP contribution is 2.25. The molecule has 3 amide bonds. The lowest BCUT2D eigenvalue weighted by atomic mass is 10.1. The van der Waals surface area contributed by atoms with Crippen molar-refractivity contribution in [2.24, 2.45) is 0 Å². The van der Waals surface area contributed by atoms with E-state index in [1.165, 1.54) is 56.1 Å². The molecule has 0 saturated carbocycles. The first kappa shape index (κ1) is 21.2. The van der Waals surface area contributed by atoms with Crippen molar-refractivity contribution >= 4 is 23.7 Å². The van der Waals surface area contributed by atoms with Gasteiger partial charge in [-0.2, -0.15) is 0 Å². The van der Waals surface area contributed by atoms with Gasteiger partial charge in [0.25, 0.3) is 17.7 Å². The summed E-state index contributed by atoms with van der Waals surface area (Å²) in [5.74, 6) is -2.95. The van der Waals surface area contributed by atoms with Gasteiger partial charge in [0.05, 0.1) is 11.1 Å². The molecule has 0 spiro atoms. The third-order valence-corrected chi connectivity index (χ3v) is 4.88. The van der Waals surface area contributed by atoms with Gasteiger partial charge >= 0.3 is 5.97 Å². The van der Waals surface area contributed by atoms with E-state index < -0.39 is 41.7 Å². The number of halogens is 1. The number of carbonyl (C=O) groups is 4. The van der Waals surface area contributed by atoms with Gasteiger partial charge in [0.15, 0.2) is 6.10 Å². The average molecular weight is 412 g/mol. The van der Waals surface area contributed by atoms with Crippen LogP contribution >= 0.6 is 0 Å². The molecule has 2 aromatic rings. The highest BCUT2D eigenvalue weighted by atomic mass is 19.1. The van der Waals surface area contributed by atoms with Crippen LogP contribution in [-0.4, -0.2) is 52.7 Å². The Morgan fingerprint density at radius 3 is 2.20 bits per heavy atom. The van der Waals surface area contributed by atoms with E-state index in [4.69, 9.17) is 4.74 Å². The summed E-state index contributed by atoms with van der Waals surface area (Å²) in [5, 5.41) is 0. The van der Waals surface area contributed by atoms with Gasteiger partial charge in [0.2, 0.25) is 0 Å². The number of nitrogens with zero attached hydrogens (tertiary/aromatic N) is 2. The second kappa shape index (κ2) is 8.44. The standard InChI is InChI=1S/C22H21FN2O5/c1-13(25-20(27)17-9-4-5-10-18(17)21(25)28)22(29)30-14(2)19(26)24(3)12-15-7-6-8-16(23)11-15/h4-11,13-14H,12H2,1-3H3. The molecule has 2 unspecified atom stereocenters. The van der Waals surface area contributed by atoms with E-state index in [0.29, 0.717) is 5.56 Å². The van der Waals surface area contributed by atoms with Gasteiger partial charge in [0, 0.05) is 13.6 Å². The molecule has 0 N–H and O–H groups in total. The fourth-order valence-corrected chi connectivity index (χ4v) is 3.29. The predicted octanol–water partition coefficient (Wildman–Crippen LogP) is 2.40. The number of benzene rings is 2. The van der Waals surface area contributed by atoms with Crippen molar-refractivity contribution in [3.8, 4) is 0 Å². The Hall–Kier alpha value is -3.55. The van der Waals surface area contributed by atoms with Gasteiger partial charge < -0.3 is 9.64 Å². The number of carbonyl (C=O) groups excluding carboxylic acids is 4. The monoisotopic (exact) mass is 412 g/mol. The largest absolute Gasteiger partial charge is 0.451 e. The molecule has 0 saturated heterocycles. The molecule has 30 heavy (non-hydrogen) atoms. The SMILES string of the molecule is CC(OC(=O)C(C)N1C(=O)c2ccccc2C1=O)C(=O)N(C)Cc1cccc(F)c1. The van der Waals surface area contributed by atoms with Crippen molar-refractivity contribution in [1.82, 2.24) is 9.80 Å². The number of hydrogen-bond acceptors (Lipinski definition) is 5. The lowest BCUT2D eigenvalue weighted by molar-refractivity contribution is -0.161. The fraction of sp³-hybridized carbons (Fsp3) is 0.273. The fourth-order valence-electron chi connectivity index (χ4n) is 3.29. The summed E-state index contributed by atoms with van der Waals surface area (Å²) in [6, 6.07) is 10.9. The maximum atomic E-state index is 13.3. The van der Waals surface area contributed by atoms with E-state index in [-0.39, 0.29) is 17.7 Å². The lowest BCUT2D eigenvalue weighted by Crippen LogP contribution is -2.46. The predicted molar refractivity (Wildman–Crippen MR) is 105 cm³/mol. The van der Waals surface area contributed by atoms with Crippen molar-refractivity contribution in [2.75, 3.05) is 7.05 Å². The molecule has 0 radical (unpaired) electrons. The minimum absolute atomic E-state index is 0.131. The zero-order valence-corrected chi connectivity index (χ0v) is 16.8. The van der Waals surface area contributed by atoms with E-state index in [0.717, 1.165) is 4.90 Å². The Kier molecular flexibility index (Phi) is 5.96.